The minimum absolute atomic E-state index is 0.187. The third-order valence-corrected chi connectivity index (χ3v) is 4.99. The summed E-state index contributed by atoms with van der Waals surface area (Å²) in [7, 11) is 0. The summed E-state index contributed by atoms with van der Waals surface area (Å²) in [4.78, 5) is 17.8. The van der Waals surface area contributed by atoms with Crippen LogP contribution in [0.4, 0.5) is 4.39 Å². The van der Waals surface area contributed by atoms with Gasteiger partial charge in [-0.05, 0) is 36.6 Å². The van der Waals surface area contributed by atoms with Gasteiger partial charge in [-0.1, -0.05) is 30.3 Å². The Morgan fingerprint density at radius 3 is 2.84 bits per heavy atom. The smallest absolute Gasteiger partial charge is 0.222 e. The number of nitrogens with zero attached hydrogens (tertiary/aromatic N) is 1. The fourth-order valence-electron chi connectivity index (χ4n) is 3.65. The Bertz CT molecular complexity index is 901. The van der Waals surface area contributed by atoms with E-state index >= 15 is 0 Å². The molecule has 25 heavy (non-hydrogen) atoms. The average molecular weight is 336 g/mol. The quantitative estimate of drug-likeness (QED) is 0.761. The number of halogens is 1. The number of amides is 1. The van der Waals surface area contributed by atoms with Crippen molar-refractivity contribution in [1.29, 1.82) is 0 Å². The molecule has 128 valence electrons. The molecule has 3 nitrogen and oxygen atoms in total. The second-order valence-electron chi connectivity index (χ2n) is 6.68. The molecule has 0 radical (unpaired) electrons. The number of carbonyl (C=O) groups is 1. The first-order valence-electron chi connectivity index (χ1n) is 8.81. The van der Waals surface area contributed by atoms with E-state index in [4.69, 9.17) is 0 Å². The van der Waals surface area contributed by atoms with Gasteiger partial charge in [-0.25, -0.2) is 4.39 Å². The van der Waals surface area contributed by atoms with Gasteiger partial charge >= 0.3 is 0 Å². The maximum absolute atomic E-state index is 13.6. The van der Waals surface area contributed by atoms with E-state index < -0.39 is 0 Å². The van der Waals surface area contributed by atoms with Gasteiger partial charge in [0.05, 0.1) is 0 Å². The lowest BCUT2D eigenvalue weighted by atomic mass is 10.0. The molecular formula is C21H21FN2O. The van der Waals surface area contributed by atoms with Crippen LogP contribution in [0, 0.1) is 5.82 Å². The summed E-state index contributed by atoms with van der Waals surface area (Å²) in [6.45, 7) is 1.30. The Kier molecular flexibility index (Phi) is 4.26. The molecule has 0 spiro atoms. The lowest BCUT2D eigenvalue weighted by molar-refractivity contribution is -0.132. The number of hydrogen-bond acceptors (Lipinski definition) is 1. The van der Waals surface area contributed by atoms with Gasteiger partial charge in [0, 0.05) is 48.1 Å². The van der Waals surface area contributed by atoms with Gasteiger partial charge in [0.2, 0.25) is 5.91 Å². The second-order valence-corrected chi connectivity index (χ2v) is 6.68. The molecule has 4 heteroatoms. The Labute approximate surface area is 146 Å². The summed E-state index contributed by atoms with van der Waals surface area (Å²) in [6.07, 6.45) is 3.13. The van der Waals surface area contributed by atoms with Crippen LogP contribution in [0.15, 0.2) is 48.5 Å². The van der Waals surface area contributed by atoms with Crippen molar-refractivity contribution in [1.82, 2.24) is 9.88 Å². The van der Waals surface area contributed by atoms with Gasteiger partial charge in [0.25, 0.3) is 0 Å². The first-order chi connectivity index (χ1) is 12.2. The number of hydrogen-bond donors (Lipinski definition) is 1. The topological polar surface area (TPSA) is 36.1 Å². The van der Waals surface area contributed by atoms with Crippen molar-refractivity contribution in [2.45, 2.75) is 32.2 Å². The Morgan fingerprint density at radius 1 is 1.16 bits per heavy atom. The van der Waals surface area contributed by atoms with E-state index in [0.717, 1.165) is 48.0 Å². The summed E-state index contributed by atoms with van der Waals surface area (Å²) in [5.41, 5.74) is 4.42. The average Bonchev–Trinajstić information content (AvgIpc) is 2.99. The van der Waals surface area contributed by atoms with Crippen molar-refractivity contribution in [2.75, 3.05) is 6.54 Å². The maximum atomic E-state index is 13.6. The molecule has 1 aliphatic rings. The SMILES string of the molecule is O=C(CCCc1ccccc1)N1CCc2[nH]c3ccc(F)cc3c2C1. The van der Waals surface area contributed by atoms with E-state index in [0.29, 0.717) is 13.0 Å². The maximum Gasteiger partial charge on any atom is 0.222 e. The minimum atomic E-state index is -0.236. The summed E-state index contributed by atoms with van der Waals surface area (Å²) >= 11 is 0. The number of aromatic amines is 1. The predicted molar refractivity (Wildman–Crippen MR) is 96.8 cm³/mol. The van der Waals surface area contributed by atoms with E-state index in [-0.39, 0.29) is 11.7 Å². The van der Waals surface area contributed by atoms with Crippen LogP contribution in [-0.2, 0) is 24.2 Å². The normalized spacial score (nSPS) is 13.9. The number of aryl methyl sites for hydroxylation is 1. The first kappa shape index (κ1) is 15.9. The van der Waals surface area contributed by atoms with Crippen LogP contribution in [0.5, 0.6) is 0 Å². The molecule has 1 N–H and O–H groups in total. The molecule has 0 saturated heterocycles. The number of carbonyl (C=O) groups excluding carboxylic acids is 1. The molecule has 2 heterocycles. The highest BCUT2D eigenvalue weighted by molar-refractivity contribution is 5.86. The molecule has 3 aromatic rings. The van der Waals surface area contributed by atoms with E-state index in [1.54, 1.807) is 12.1 Å². The Morgan fingerprint density at radius 2 is 2.00 bits per heavy atom. The molecule has 1 amide bonds. The van der Waals surface area contributed by atoms with Crippen molar-refractivity contribution in [3.8, 4) is 0 Å². The second kappa shape index (κ2) is 6.71. The zero-order chi connectivity index (χ0) is 17.2. The Balaban J connectivity index is 1.42. The lowest BCUT2D eigenvalue weighted by Crippen LogP contribution is -2.35. The van der Waals surface area contributed by atoms with Crippen LogP contribution in [0.2, 0.25) is 0 Å². The summed E-state index contributed by atoms with van der Waals surface area (Å²) in [5.74, 6) is -0.0482. The van der Waals surface area contributed by atoms with Gasteiger partial charge in [-0.2, -0.15) is 0 Å². The van der Waals surface area contributed by atoms with Crippen molar-refractivity contribution >= 4 is 16.8 Å². The molecule has 1 aliphatic heterocycles. The van der Waals surface area contributed by atoms with Crippen LogP contribution in [-0.4, -0.2) is 22.3 Å². The lowest BCUT2D eigenvalue weighted by Gasteiger charge is -2.27. The number of aromatic nitrogens is 1. The first-order valence-corrected chi connectivity index (χ1v) is 8.81. The largest absolute Gasteiger partial charge is 0.358 e. The van der Waals surface area contributed by atoms with E-state index in [1.807, 2.05) is 23.1 Å². The molecule has 0 atom stereocenters. The van der Waals surface area contributed by atoms with E-state index in [9.17, 15) is 9.18 Å². The highest BCUT2D eigenvalue weighted by atomic mass is 19.1. The summed E-state index contributed by atoms with van der Waals surface area (Å²) in [5, 5.41) is 0.900. The van der Waals surface area contributed by atoms with Crippen LogP contribution < -0.4 is 0 Å². The molecule has 0 aliphatic carbocycles. The van der Waals surface area contributed by atoms with Crippen LogP contribution in [0.3, 0.4) is 0 Å². The fraction of sp³-hybridized carbons (Fsp3) is 0.286. The van der Waals surface area contributed by atoms with Gasteiger partial charge < -0.3 is 9.88 Å². The number of rotatable bonds is 4. The number of fused-ring (bicyclic) bond motifs is 3. The molecule has 0 bridgehead atoms. The van der Waals surface area contributed by atoms with Gasteiger partial charge in [-0.15, -0.1) is 0 Å². The van der Waals surface area contributed by atoms with Crippen LogP contribution >= 0.6 is 0 Å². The van der Waals surface area contributed by atoms with Crippen molar-refractivity contribution < 1.29 is 9.18 Å². The van der Waals surface area contributed by atoms with Crippen molar-refractivity contribution in [3.05, 3.63) is 71.2 Å². The highest BCUT2D eigenvalue weighted by Crippen LogP contribution is 2.28. The zero-order valence-electron chi connectivity index (χ0n) is 14.1. The van der Waals surface area contributed by atoms with Gasteiger partial charge in [-0.3, -0.25) is 4.79 Å². The van der Waals surface area contributed by atoms with E-state index in [1.165, 1.54) is 11.6 Å². The number of H-pyrrole nitrogens is 1. The minimum Gasteiger partial charge on any atom is -0.358 e. The number of nitrogens with one attached hydrogen (secondary N) is 1. The van der Waals surface area contributed by atoms with E-state index in [2.05, 4.69) is 17.1 Å². The molecular weight excluding hydrogens is 315 g/mol. The highest BCUT2D eigenvalue weighted by Gasteiger charge is 2.23. The van der Waals surface area contributed by atoms with Crippen molar-refractivity contribution in [2.24, 2.45) is 0 Å². The monoisotopic (exact) mass is 336 g/mol. The predicted octanol–water partition coefficient (Wildman–Crippen LogP) is 4.21. The van der Waals surface area contributed by atoms with Crippen LogP contribution in [0.1, 0.15) is 29.7 Å². The molecule has 0 saturated carbocycles. The van der Waals surface area contributed by atoms with Gasteiger partial charge in [0.1, 0.15) is 5.82 Å². The van der Waals surface area contributed by atoms with Crippen molar-refractivity contribution in [3.63, 3.8) is 0 Å². The Hall–Kier alpha value is -2.62. The zero-order valence-corrected chi connectivity index (χ0v) is 14.1. The number of benzene rings is 2. The molecule has 4 rings (SSSR count). The summed E-state index contributed by atoms with van der Waals surface area (Å²) in [6, 6.07) is 15.1. The molecule has 1 aromatic heterocycles. The third-order valence-electron chi connectivity index (χ3n) is 4.99. The molecule has 0 fully saturated rings. The van der Waals surface area contributed by atoms with Gasteiger partial charge in [0.15, 0.2) is 0 Å². The molecule has 0 unspecified atom stereocenters. The third kappa shape index (κ3) is 3.29. The molecule has 2 aromatic carbocycles. The van der Waals surface area contributed by atoms with Crippen LogP contribution in [0.25, 0.3) is 10.9 Å². The summed E-state index contributed by atoms with van der Waals surface area (Å²) < 4.78 is 13.6. The fourth-order valence-corrected chi connectivity index (χ4v) is 3.65. The standard InChI is InChI=1S/C21H21FN2O/c22-16-9-10-19-17(13-16)18-14-24(12-11-20(18)23-19)21(25)8-4-7-15-5-2-1-3-6-15/h1-3,5-6,9-10,13,23H,4,7-8,11-12,14H2.